The molecule has 4 aromatic carbocycles. The Morgan fingerprint density at radius 2 is 1.15 bits per heavy atom. The minimum Gasteiger partial charge on any atom is -0.485 e. The summed E-state index contributed by atoms with van der Waals surface area (Å²) in [6.07, 6.45) is 1.37. The van der Waals surface area contributed by atoms with Crippen LogP contribution in [0.2, 0.25) is 0 Å². The maximum atomic E-state index is 12.7. The van der Waals surface area contributed by atoms with Crippen LogP contribution in [0.1, 0.15) is 27.0 Å². The van der Waals surface area contributed by atoms with Crippen LogP contribution >= 0.6 is 0 Å². The van der Waals surface area contributed by atoms with Gasteiger partial charge in [0, 0.05) is 5.56 Å². The first-order chi connectivity index (χ1) is 16.3. The molecular formula is C29H25NO3. The summed E-state index contributed by atoms with van der Waals surface area (Å²) in [5, 5.41) is 0. The van der Waals surface area contributed by atoms with Crippen LogP contribution in [0.15, 0.2) is 114 Å². The molecule has 0 heterocycles. The highest BCUT2D eigenvalue weighted by atomic mass is 16.5. The van der Waals surface area contributed by atoms with E-state index in [1.807, 2.05) is 91.0 Å². The topological polar surface area (TPSA) is 47.9 Å². The SMILES string of the molecule is O=C(C=NCc1ccccc1)c1ccc(OCc2ccccc2)c(OCc2ccccc2)c1. The van der Waals surface area contributed by atoms with Gasteiger partial charge in [-0.15, -0.1) is 0 Å². The van der Waals surface area contributed by atoms with Gasteiger partial charge in [0.2, 0.25) is 5.78 Å². The molecule has 4 aromatic rings. The Kier molecular flexibility index (Phi) is 7.64. The lowest BCUT2D eigenvalue weighted by Gasteiger charge is -2.14. The lowest BCUT2D eigenvalue weighted by atomic mass is 10.1. The average molecular weight is 436 g/mol. The van der Waals surface area contributed by atoms with E-state index in [1.165, 1.54) is 6.21 Å². The number of Topliss-reactive ketones (excluding diaryl/α,β-unsaturated/α-hetero) is 1. The zero-order valence-corrected chi connectivity index (χ0v) is 18.3. The van der Waals surface area contributed by atoms with Gasteiger partial charge in [0.15, 0.2) is 11.5 Å². The van der Waals surface area contributed by atoms with E-state index in [0.717, 1.165) is 16.7 Å². The molecule has 0 fully saturated rings. The zero-order valence-electron chi connectivity index (χ0n) is 18.3. The van der Waals surface area contributed by atoms with Gasteiger partial charge in [0.1, 0.15) is 13.2 Å². The van der Waals surface area contributed by atoms with Crippen LogP contribution < -0.4 is 9.47 Å². The molecule has 0 saturated carbocycles. The van der Waals surface area contributed by atoms with Gasteiger partial charge in [-0.3, -0.25) is 9.79 Å². The first-order valence-corrected chi connectivity index (χ1v) is 10.8. The highest BCUT2D eigenvalue weighted by Gasteiger charge is 2.12. The van der Waals surface area contributed by atoms with Crippen LogP contribution in [-0.4, -0.2) is 12.0 Å². The monoisotopic (exact) mass is 435 g/mol. The summed E-state index contributed by atoms with van der Waals surface area (Å²) >= 11 is 0. The summed E-state index contributed by atoms with van der Waals surface area (Å²) in [6, 6.07) is 34.9. The standard InChI is InChI=1S/C29H25NO3/c31-27(20-30-19-23-10-4-1-5-11-23)26-16-17-28(32-21-24-12-6-2-7-13-24)29(18-26)33-22-25-14-8-3-9-15-25/h1-18,20H,19,21-22H2. The first-order valence-electron chi connectivity index (χ1n) is 10.8. The fraction of sp³-hybridized carbons (Fsp3) is 0.103. The Morgan fingerprint density at radius 1 is 0.636 bits per heavy atom. The molecule has 33 heavy (non-hydrogen) atoms. The third kappa shape index (κ3) is 6.65. The number of rotatable bonds is 10. The molecule has 4 nitrogen and oxygen atoms in total. The summed E-state index contributed by atoms with van der Waals surface area (Å²) < 4.78 is 12.1. The summed E-state index contributed by atoms with van der Waals surface area (Å²) in [6.45, 7) is 1.25. The van der Waals surface area contributed by atoms with E-state index in [0.29, 0.717) is 36.8 Å². The Hall–Kier alpha value is -4.18. The second-order valence-electron chi connectivity index (χ2n) is 7.53. The van der Waals surface area contributed by atoms with Crippen molar-refractivity contribution < 1.29 is 14.3 Å². The van der Waals surface area contributed by atoms with Gasteiger partial charge in [-0.05, 0) is 34.9 Å². The molecule has 0 amide bonds. The van der Waals surface area contributed by atoms with Gasteiger partial charge in [-0.25, -0.2) is 0 Å². The number of benzene rings is 4. The molecule has 4 heteroatoms. The highest BCUT2D eigenvalue weighted by Crippen LogP contribution is 2.30. The minimum atomic E-state index is -0.176. The number of hydrogen-bond acceptors (Lipinski definition) is 4. The van der Waals surface area contributed by atoms with Crippen molar-refractivity contribution in [3.05, 3.63) is 131 Å². The molecule has 164 valence electrons. The summed E-state index contributed by atoms with van der Waals surface area (Å²) in [5.74, 6) is 0.940. The lowest BCUT2D eigenvalue weighted by molar-refractivity contribution is 0.107. The molecule has 4 rings (SSSR count). The van der Waals surface area contributed by atoms with E-state index in [4.69, 9.17) is 9.47 Å². The molecule has 0 unspecified atom stereocenters. The van der Waals surface area contributed by atoms with Crippen molar-refractivity contribution in [1.82, 2.24) is 0 Å². The van der Waals surface area contributed by atoms with Crippen molar-refractivity contribution in [1.29, 1.82) is 0 Å². The molecule has 0 aromatic heterocycles. The van der Waals surface area contributed by atoms with Crippen molar-refractivity contribution in [3.8, 4) is 11.5 Å². The molecule has 0 radical (unpaired) electrons. The van der Waals surface area contributed by atoms with Gasteiger partial charge in [0.25, 0.3) is 0 Å². The number of aliphatic imine (C=N–C) groups is 1. The maximum absolute atomic E-state index is 12.7. The molecule has 0 atom stereocenters. The Morgan fingerprint density at radius 3 is 1.73 bits per heavy atom. The molecule has 0 spiro atoms. The predicted octanol–water partition coefficient (Wildman–Crippen LogP) is 6.30. The van der Waals surface area contributed by atoms with Gasteiger partial charge < -0.3 is 9.47 Å². The Balaban J connectivity index is 1.49. The zero-order chi connectivity index (χ0) is 22.7. The van der Waals surface area contributed by atoms with Crippen molar-refractivity contribution in [2.45, 2.75) is 19.8 Å². The Bertz CT molecular complexity index is 1190. The quantitative estimate of drug-likeness (QED) is 0.217. The smallest absolute Gasteiger partial charge is 0.203 e. The maximum Gasteiger partial charge on any atom is 0.203 e. The minimum absolute atomic E-state index is 0.176. The van der Waals surface area contributed by atoms with Crippen molar-refractivity contribution in [3.63, 3.8) is 0 Å². The third-order valence-electron chi connectivity index (χ3n) is 5.03. The number of carbonyl (C=O) groups is 1. The highest BCUT2D eigenvalue weighted by molar-refractivity contribution is 6.35. The molecule has 0 aliphatic rings. The van der Waals surface area contributed by atoms with E-state index in [1.54, 1.807) is 18.2 Å². The second-order valence-corrected chi connectivity index (χ2v) is 7.53. The van der Waals surface area contributed by atoms with Crippen LogP contribution in [0.4, 0.5) is 0 Å². The molecule has 0 bridgehead atoms. The predicted molar refractivity (Wildman–Crippen MR) is 131 cm³/mol. The van der Waals surface area contributed by atoms with Crippen LogP contribution in [0.25, 0.3) is 0 Å². The van der Waals surface area contributed by atoms with Crippen LogP contribution in [-0.2, 0) is 19.8 Å². The largest absolute Gasteiger partial charge is 0.485 e. The number of ether oxygens (including phenoxy) is 2. The third-order valence-corrected chi connectivity index (χ3v) is 5.03. The number of carbonyl (C=O) groups excluding carboxylic acids is 1. The van der Waals surface area contributed by atoms with E-state index in [9.17, 15) is 4.79 Å². The molecule has 0 N–H and O–H groups in total. The molecule has 0 saturated heterocycles. The number of ketones is 1. The van der Waals surface area contributed by atoms with E-state index >= 15 is 0 Å². The number of nitrogens with zero attached hydrogens (tertiary/aromatic N) is 1. The van der Waals surface area contributed by atoms with Crippen LogP contribution in [0.3, 0.4) is 0 Å². The van der Waals surface area contributed by atoms with Crippen molar-refractivity contribution in [2.24, 2.45) is 4.99 Å². The van der Waals surface area contributed by atoms with Gasteiger partial charge in [-0.1, -0.05) is 91.0 Å². The van der Waals surface area contributed by atoms with E-state index < -0.39 is 0 Å². The lowest BCUT2D eigenvalue weighted by Crippen LogP contribution is -2.05. The first kappa shape index (κ1) is 22.0. The van der Waals surface area contributed by atoms with E-state index in [-0.39, 0.29) is 5.78 Å². The van der Waals surface area contributed by atoms with Gasteiger partial charge >= 0.3 is 0 Å². The van der Waals surface area contributed by atoms with Crippen LogP contribution in [0.5, 0.6) is 11.5 Å². The summed E-state index contributed by atoms with van der Waals surface area (Å²) in [4.78, 5) is 17.0. The van der Waals surface area contributed by atoms with Gasteiger partial charge in [0.05, 0.1) is 12.8 Å². The molecule has 0 aliphatic carbocycles. The van der Waals surface area contributed by atoms with Crippen molar-refractivity contribution >= 4 is 12.0 Å². The van der Waals surface area contributed by atoms with E-state index in [2.05, 4.69) is 4.99 Å². The second kappa shape index (κ2) is 11.4. The fourth-order valence-corrected chi connectivity index (χ4v) is 3.26. The summed E-state index contributed by atoms with van der Waals surface area (Å²) in [7, 11) is 0. The average Bonchev–Trinajstić information content (AvgIpc) is 2.88. The summed E-state index contributed by atoms with van der Waals surface area (Å²) in [5.41, 5.74) is 3.65. The van der Waals surface area contributed by atoms with Crippen LogP contribution in [0, 0.1) is 0 Å². The normalized spacial score (nSPS) is 10.8. The Labute approximate surface area is 194 Å². The molecule has 0 aliphatic heterocycles. The van der Waals surface area contributed by atoms with Crippen molar-refractivity contribution in [2.75, 3.05) is 0 Å². The fourth-order valence-electron chi connectivity index (χ4n) is 3.26. The van der Waals surface area contributed by atoms with Gasteiger partial charge in [-0.2, -0.15) is 0 Å². The molecular weight excluding hydrogens is 410 g/mol. The number of hydrogen-bond donors (Lipinski definition) is 0.